The molecule has 2 N–H and O–H groups in total. The van der Waals surface area contributed by atoms with Gasteiger partial charge in [-0.05, 0) is 13.0 Å². The van der Waals surface area contributed by atoms with Crippen molar-refractivity contribution in [3.8, 4) is 11.5 Å². The van der Waals surface area contributed by atoms with Gasteiger partial charge in [0.25, 0.3) is 0 Å². The maximum atomic E-state index is 11.0. The van der Waals surface area contributed by atoms with E-state index in [1.807, 2.05) is 0 Å². The largest absolute Gasteiger partial charge is 0.500 e. The Morgan fingerprint density at radius 1 is 1.60 bits per heavy atom. The molecule has 20 heavy (non-hydrogen) atoms. The molecule has 0 aliphatic rings. The van der Waals surface area contributed by atoms with Crippen molar-refractivity contribution in [2.24, 2.45) is 5.10 Å². The summed E-state index contributed by atoms with van der Waals surface area (Å²) in [6.07, 6.45) is 0.412. The summed E-state index contributed by atoms with van der Waals surface area (Å²) in [6.45, 7) is 1.83. The normalized spacial score (nSPS) is 10.3. The van der Waals surface area contributed by atoms with Crippen molar-refractivity contribution in [2.75, 3.05) is 13.7 Å². The van der Waals surface area contributed by atoms with Gasteiger partial charge in [0.1, 0.15) is 0 Å². The van der Waals surface area contributed by atoms with E-state index < -0.39 is 22.5 Å². The number of amides is 1. The number of rotatable bonds is 5. The van der Waals surface area contributed by atoms with Crippen LogP contribution in [0.5, 0.6) is 11.5 Å². The van der Waals surface area contributed by atoms with Crippen LogP contribution in [0.15, 0.2) is 17.2 Å². The number of nitro benzene ring substituents is 1. The number of carbonyl (C=O) groups is 1. The van der Waals surface area contributed by atoms with E-state index in [0.29, 0.717) is 0 Å². The summed E-state index contributed by atoms with van der Waals surface area (Å²) in [6, 6.07) is 2.42. The third kappa shape index (κ3) is 3.83. The lowest BCUT2D eigenvalue weighted by atomic mass is 10.2. The predicted molar refractivity (Wildman–Crippen MR) is 69.1 cm³/mol. The first-order valence-electron chi connectivity index (χ1n) is 5.50. The number of ether oxygens (including phenoxy) is 2. The summed E-state index contributed by atoms with van der Waals surface area (Å²) >= 11 is 0. The molecule has 0 fully saturated rings. The van der Waals surface area contributed by atoms with Crippen molar-refractivity contribution in [1.82, 2.24) is 5.43 Å². The molecule has 0 aliphatic heterocycles. The molecule has 9 heteroatoms. The van der Waals surface area contributed by atoms with E-state index in [0.717, 1.165) is 12.3 Å². The molecule has 9 nitrogen and oxygen atoms in total. The second-order valence-corrected chi connectivity index (χ2v) is 3.44. The summed E-state index contributed by atoms with van der Waals surface area (Å²) in [7, 11) is 1.26. The van der Waals surface area contributed by atoms with Gasteiger partial charge < -0.3 is 14.6 Å². The maximum Gasteiger partial charge on any atom is 0.427 e. The second-order valence-electron chi connectivity index (χ2n) is 3.44. The van der Waals surface area contributed by atoms with Crippen LogP contribution in [-0.4, -0.2) is 36.1 Å². The van der Waals surface area contributed by atoms with Gasteiger partial charge in [-0.3, -0.25) is 10.1 Å². The number of hydrazone groups is 1. The van der Waals surface area contributed by atoms with E-state index in [9.17, 15) is 20.0 Å². The number of nitrogens with one attached hydrogen (secondary N) is 1. The molecule has 0 saturated carbocycles. The number of hydrogen-bond acceptors (Lipinski definition) is 7. The fraction of sp³-hybridized carbons (Fsp3) is 0.273. The quantitative estimate of drug-likeness (QED) is 0.478. The number of nitro groups is 1. The Morgan fingerprint density at radius 3 is 2.85 bits per heavy atom. The van der Waals surface area contributed by atoms with Crippen LogP contribution >= 0.6 is 0 Å². The molecular formula is C11H13N3O6. The highest BCUT2D eigenvalue weighted by Gasteiger charge is 2.19. The van der Waals surface area contributed by atoms with Crippen LogP contribution in [-0.2, 0) is 4.74 Å². The van der Waals surface area contributed by atoms with E-state index in [-0.39, 0.29) is 17.9 Å². The summed E-state index contributed by atoms with van der Waals surface area (Å²) in [4.78, 5) is 21.0. The molecule has 0 bridgehead atoms. The Labute approximate surface area is 114 Å². The first kappa shape index (κ1) is 15.2. The third-order valence-electron chi connectivity index (χ3n) is 2.14. The van der Waals surface area contributed by atoms with E-state index in [4.69, 9.17) is 4.74 Å². The van der Waals surface area contributed by atoms with E-state index >= 15 is 0 Å². The van der Waals surface area contributed by atoms with Crippen molar-refractivity contribution in [3.63, 3.8) is 0 Å². The lowest BCUT2D eigenvalue weighted by Gasteiger charge is -2.05. The highest BCUT2D eigenvalue weighted by molar-refractivity contribution is 5.84. The molecule has 1 amide bonds. The van der Waals surface area contributed by atoms with E-state index in [1.165, 1.54) is 13.2 Å². The number of carbonyl (C=O) groups excluding carboxylic acids is 1. The van der Waals surface area contributed by atoms with Crippen LogP contribution in [0, 0.1) is 10.1 Å². The van der Waals surface area contributed by atoms with Gasteiger partial charge in [-0.1, -0.05) is 0 Å². The van der Waals surface area contributed by atoms with Crippen LogP contribution in [0.2, 0.25) is 0 Å². The fourth-order valence-electron chi connectivity index (χ4n) is 1.31. The van der Waals surface area contributed by atoms with Crippen LogP contribution in [0.25, 0.3) is 0 Å². The van der Waals surface area contributed by atoms with Gasteiger partial charge in [-0.15, -0.1) is 0 Å². The van der Waals surface area contributed by atoms with Gasteiger partial charge in [-0.2, -0.15) is 5.10 Å². The summed E-state index contributed by atoms with van der Waals surface area (Å²) in [5.41, 5.74) is 1.81. The monoisotopic (exact) mass is 283 g/mol. The van der Waals surface area contributed by atoms with Gasteiger partial charge in [0.05, 0.1) is 24.9 Å². The maximum absolute atomic E-state index is 11.0. The highest BCUT2D eigenvalue weighted by Crippen LogP contribution is 2.36. The number of phenols is 1. The Bertz CT molecular complexity index is 543. The molecule has 0 radical (unpaired) electrons. The number of hydrogen-bond donors (Lipinski definition) is 2. The Balaban J connectivity index is 2.95. The van der Waals surface area contributed by atoms with Gasteiger partial charge in [0.15, 0.2) is 5.75 Å². The molecule has 108 valence electrons. The average Bonchev–Trinajstić information content (AvgIpc) is 2.40. The van der Waals surface area contributed by atoms with Gasteiger partial charge in [-0.25, -0.2) is 10.2 Å². The zero-order valence-electron chi connectivity index (χ0n) is 10.8. The Morgan fingerprint density at radius 2 is 2.30 bits per heavy atom. The number of phenolic OH excluding ortho intramolecular Hbond substituents is 1. The highest BCUT2D eigenvalue weighted by atomic mass is 16.6. The minimum absolute atomic E-state index is 0.0724. The molecule has 0 heterocycles. The van der Waals surface area contributed by atoms with Crippen LogP contribution < -0.4 is 10.2 Å². The van der Waals surface area contributed by atoms with Crippen LogP contribution in [0.3, 0.4) is 0 Å². The number of methoxy groups -OCH3 is 1. The molecule has 0 saturated heterocycles. The minimum atomic E-state index is -0.756. The van der Waals surface area contributed by atoms with Crippen molar-refractivity contribution in [2.45, 2.75) is 6.92 Å². The molecule has 0 aliphatic carbocycles. The molecule has 0 spiro atoms. The molecule has 1 aromatic rings. The first-order valence-corrected chi connectivity index (χ1v) is 5.50. The van der Waals surface area contributed by atoms with Crippen molar-refractivity contribution in [1.29, 1.82) is 0 Å². The number of benzene rings is 1. The zero-order valence-corrected chi connectivity index (χ0v) is 10.8. The average molecular weight is 283 g/mol. The minimum Gasteiger partial charge on any atom is -0.500 e. The third-order valence-corrected chi connectivity index (χ3v) is 2.14. The first-order chi connectivity index (χ1) is 9.49. The number of aromatic hydroxyl groups is 1. The molecule has 0 aromatic heterocycles. The molecule has 1 aromatic carbocycles. The smallest absolute Gasteiger partial charge is 0.427 e. The zero-order chi connectivity index (χ0) is 15.1. The van der Waals surface area contributed by atoms with Crippen molar-refractivity contribution >= 4 is 18.0 Å². The fourth-order valence-corrected chi connectivity index (χ4v) is 1.31. The Hall–Kier alpha value is -2.84. The lowest BCUT2D eigenvalue weighted by Crippen LogP contribution is -2.18. The molecular weight excluding hydrogens is 270 g/mol. The standard InChI is InChI=1S/C11H13N3O6/c1-3-20-11(16)13-12-6-7-4-8(14(17)18)10(15)9(5-7)19-2/h4-6,15H,3H2,1-2H3,(H,13,16). The lowest BCUT2D eigenvalue weighted by molar-refractivity contribution is -0.386. The molecule has 0 unspecified atom stereocenters. The molecule has 0 atom stereocenters. The van der Waals surface area contributed by atoms with E-state index in [1.54, 1.807) is 6.92 Å². The van der Waals surface area contributed by atoms with Gasteiger partial charge in [0.2, 0.25) is 5.75 Å². The predicted octanol–water partition coefficient (Wildman–Crippen LogP) is 1.39. The Kier molecular flexibility index (Phi) is 5.27. The van der Waals surface area contributed by atoms with E-state index in [2.05, 4.69) is 15.3 Å². The topological polar surface area (TPSA) is 123 Å². The summed E-state index contributed by atoms with van der Waals surface area (Å²) < 4.78 is 9.38. The van der Waals surface area contributed by atoms with Gasteiger partial charge >= 0.3 is 11.8 Å². The van der Waals surface area contributed by atoms with Crippen LogP contribution in [0.1, 0.15) is 12.5 Å². The molecule has 1 rings (SSSR count). The summed E-state index contributed by atoms with van der Waals surface area (Å²) in [5.74, 6) is -0.648. The number of nitrogens with zero attached hydrogens (tertiary/aromatic N) is 2. The SMILES string of the molecule is CCOC(=O)NN=Cc1cc(OC)c(O)c([N+](=O)[O-])c1. The van der Waals surface area contributed by atoms with Gasteiger partial charge in [0, 0.05) is 11.6 Å². The van der Waals surface area contributed by atoms with Crippen molar-refractivity contribution in [3.05, 3.63) is 27.8 Å². The van der Waals surface area contributed by atoms with Crippen LogP contribution in [0.4, 0.5) is 10.5 Å². The summed E-state index contributed by atoms with van der Waals surface area (Å²) in [5, 5.41) is 23.9. The van der Waals surface area contributed by atoms with Crippen molar-refractivity contribution < 1.29 is 24.3 Å². The second kappa shape index (κ2) is 6.92.